The number of carbonyl (C=O) groups excluding carboxylic acids is 4. The second-order valence-electron chi connectivity index (χ2n) is 18.6. The van der Waals surface area contributed by atoms with Crippen LogP contribution >= 0.6 is 11.6 Å². The summed E-state index contributed by atoms with van der Waals surface area (Å²) in [7, 11) is 1.25. The number of hydrogen-bond donors (Lipinski definition) is 3. The van der Waals surface area contributed by atoms with E-state index in [1.165, 1.54) is 19.4 Å². The zero-order chi connectivity index (χ0) is 45.8. The number of rotatable bonds is 10. The Morgan fingerprint density at radius 1 is 1.03 bits per heavy atom. The van der Waals surface area contributed by atoms with Crippen LogP contribution in [0.1, 0.15) is 85.0 Å². The fourth-order valence-corrected chi connectivity index (χ4v) is 9.61. The molecule has 6 atom stereocenters. The number of ether oxygens (including phenoxy) is 2. The Hall–Kier alpha value is -5.58. The fraction of sp³-hybridized carbons (Fsp3) is 0.522. The molecule has 3 aromatic rings. The largest absolute Gasteiger partial charge is 0.573 e. The lowest BCUT2D eigenvalue weighted by Gasteiger charge is -2.42. The van der Waals surface area contributed by atoms with Gasteiger partial charge in [0.15, 0.2) is 0 Å². The first-order valence-corrected chi connectivity index (χ1v) is 22.2. The average molecular weight is 907 g/mol. The normalized spacial score (nSPS) is 24.2. The molecule has 0 unspecified atom stereocenters. The summed E-state index contributed by atoms with van der Waals surface area (Å²) in [5.41, 5.74) is 1.99. The number of nitrogens with zero attached hydrogens (tertiary/aromatic N) is 5. The molecule has 5 aliphatic rings. The lowest BCUT2D eigenvalue weighted by Crippen LogP contribution is -2.56. The minimum absolute atomic E-state index is 0.00120. The lowest BCUT2D eigenvalue weighted by molar-refractivity contribution is -0.274. The van der Waals surface area contributed by atoms with Crippen LogP contribution in [0.2, 0.25) is 5.02 Å². The number of methoxy groups -OCH3 is 1. The van der Waals surface area contributed by atoms with Gasteiger partial charge in [0, 0.05) is 79.2 Å². The summed E-state index contributed by atoms with van der Waals surface area (Å²) in [5, 5.41) is 5.35. The van der Waals surface area contributed by atoms with Crippen LogP contribution < -0.4 is 15.4 Å². The van der Waals surface area contributed by atoms with Crippen molar-refractivity contribution in [3.8, 4) is 28.1 Å². The fourth-order valence-electron chi connectivity index (χ4n) is 9.40. The number of amides is 4. The number of carbonyl (C=O) groups is 4. The molecule has 4 heterocycles. The number of benzene rings is 2. The summed E-state index contributed by atoms with van der Waals surface area (Å²) in [5.74, 6) is 0.602. The first kappa shape index (κ1) is 45.0. The van der Waals surface area contributed by atoms with E-state index >= 15 is 0 Å². The molecule has 0 radical (unpaired) electrons. The third-order valence-electron chi connectivity index (χ3n) is 13.3. The standard InChI is InChI=1S/C46H54ClF3N8O6/c1-24(2)39(55-44(62)63-6)43(61)58-35(13-11-28-17-36(28)58)40-52-22-34(53-40)27-9-7-26(8-10-27)30-18-32(47)33(19-37(30)64-46(48,49)50)54-41(59)29-12-14-38(51-21-29)57-16-15-56(23-25(57)3)42(60)31-20-45(31,4)5/h7-10,18-19,21-22,24-25,28,31,35-36,39H,11-17,20,23H2,1-6H3,(H,52,53)(H,54,59)(H,55,62)/t25-,28+,31-,35+,36-,39+/m1/s1. The van der Waals surface area contributed by atoms with Crippen LogP contribution in [0.15, 0.2) is 59.4 Å². The van der Waals surface area contributed by atoms with Crippen molar-refractivity contribution in [3.05, 3.63) is 65.2 Å². The van der Waals surface area contributed by atoms with Crippen LogP contribution in [0.5, 0.6) is 5.75 Å². The van der Waals surface area contributed by atoms with E-state index < -0.39 is 30.2 Å². The summed E-state index contributed by atoms with van der Waals surface area (Å²) in [4.78, 5) is 71.1. The number of H-pyrrole nitrogens is 1. The molecule has 3 N–H and O–H groups in total. The summed E-state index contributed by atoms with van der Waals surface area (Å²) in [6.45, 7) is 11.8. The zero-order valence-electron chi connectivity index (χ0n) is 36.7. The second kappa shape index (κ2) is 17.4. The van der Waals surface area contributed by atoms with Crippen molar-refractivity contribution in [2.45, 2.75) is 104 Å². The van der Waals surface area contributed by atoms with Gasteiger partial charge in [0.2, 0.25) is 11.8 Å². The van der Waals surface area contributed by atoms with Gasteiger partial charge in [0.25, 0.3) is 5.91 Å². The maximum absolute atomic E-state index is 14.0. The predicted molar refractivity (Wildman–Crippen MR) is 234 cm³/mol. The molecule has 14 nitrogen and oxygen atoms in total. The lowest BCUT2D eigenvalue weighted by atomic mass is 9.97. The number of aliphatic imine (C=N–C) groups is 1. The van der Waals surface area contributed by atoms with Gasteiger partial charge in [-0.15, -0.1) is 13.2 Å². The number of halogens is 4. The van der Waals surface area contributed by atoms with E-state index in [9.17, 15) is 32.3 Å². The summed E-state index contributed by atoms with van der Waals surface area (Å²) < 4.78 is 50.7. The molecule has 2 saturated carbocycles. The van der Waals surface area contributed by atoms with Gasteiger partial charge < -0.3 is 39.8 Å². The topological polar surface area (TPSA) is 162 Å². The molecule has 0 bridgehead atoms. The van der Waals surface area contributed by atoms with Crippen molar-refractivity contribution in [1.29, 1.82) is 0 Å². The van der Waals surface area contributed by atoms with Crippen LogP contribution in [0.3, 0.4) is 0 Å². The minimum atomic E-state index is -5.05. The highest BCUT2D eigenvalue weighted by Crippen LogP contribution is 2.53. The maximum Gasteiger partial charge on any atom is 0.573 e. The first-order valence-electron chi connectivity index (χ1n) is 21.9. The molecule has 2 saturated heterocycles. The van der Waals surface area contributed by atoms with E-state index in [-0.39, 0.29) is 63.5 Å². The highest BCUT2D eigenvalue weighted by molar-refractivity contribution is 6.34. The van der Waals surface area contributed by atoms with Crippen LogP contribution in [-0.4, -0.2) is 106 Å². The van der Waals surface area contributed by atoms with Gasteiger partial charge in [0.05, 0.1) is 29.6 Å². The molecular formula is C46H54ClF3N8O6. The van der Waals surface area contributed by atoms with E-state index in [1.807, 2.05) is 23.6 Å². The van der Waals surface area contributed by atoms with Crippen molar-refractivity contribution < 1.29 is 41.8 Å². The molecule has 0 spiro atoms. The number of piperazine rings is 1. The zero-order valence-corrected chi connectivity index (χ0v) is 37.5. The van der Waals surface area contributed by atoms with Crippen molar-refractivity contribution in [1.82, 2.24) is 30.0 Å². The van der Waals surface area contributed by atoms with Gasteiger partial charge in [-0.2, -0.15) is 0 Å². The van der Waals surface area contributed by atoms with Crippen LogP contribution in [-0.2, 0) is 19.1 Å². The minimum Gasteiger partial charge on any atom is -0.453 e. The smallest absolute Gasteiger partial charge is 0.453 e. The predicted octanol–water partition coefficient (Wildman–Crippen LogP) is 8.32. The Morgan fingerprint density at radius 2 is 1.75 bits per heavy atom. The Bertz CT molecular complexity index is 2380. The van der Waals surface area contributed by atoms with Gasteiger partial charge >= 0.3 is 12.5 Å². The Morgan fingerprint density at radius 3 is 2.38 bits per heavy atom. The van der Waals surface area contributed by atoms with Crippen molar-refractivity contribution in [2.75, 3.05) is 32.1 Å². The third kappa shape index (κ3) is 9.45. The SMILES string of the molecule is COC(=O)N[C@H](C(=O)N1[C@@H]2C[C@@H]2CC[C@H]1c1nc(-c2ccc(-c3cc(Cl)c(NC(=O)C4=CN=C(N5CCN(C(=O)[C@H]6CC6(C)C)C[C@H]5C)CC4)cc3OC(F)(F)F)cc2)c[nH]1)C(C)C. The van der Waals surface area contributed by atoms with E-state index in [0.29, 0.717) is 73.0 Å². The number of aromatic amines is 1. The number of amidine groups is 1. The van der Waals surface area contributed by atoms with Gasteiger partial charge in [-0.3, -0.25) is 14.4 Å². The molecule has 2 aromatic carbocycles. The van der Waals surface area contributed by atoms with Crippen LogP contribution in [0, 0.1) is 23.2 Å². The second-order valence-corrected chi connectivity index (χ2v) is 19.0. The van der Waals surface area contributed by atoms with Crippen LogP contribution in [0.4, 0.5) is 23.7 Å². The highest BCUT2D eigenvalue weighted by Gasteiger charge is 2.53. The van der Waals surface area contributed by atoms with Gasteiger partial charge in [0.1, 0.15) is 23.5 Å². The van der Waals surface area contributed by atoms with Crippen molar-refractivity contribution in [2.24, 2.45) is 28.2 Å². The number of nitrogens with one attached hydrogen (secondary N) is 3. The summed E-state index contributed by atoms with van der Waals surface area (Å²) in [6, 6.07) is 8.04. The molecule has 4 fully saturated rings. The van der Waals surface area contributed by atoms with Crippen molar-refractivity contribution in [3.63, 3.8) is 0 Å². The Kier molecular flexibility index (Phi) is 12.3. The number of piperidine rings is 1. The molecular weight excluding hydrogens is 853 g/mol. The molecule has 3 aliphatic heterocycles. The number of aromatic nitrogens is 2. The Labute approximate surface area is 375 Å². The summed E-state index contributed by atoms with van der Waals surface area (Å²) >= 11 is 6.64. The number of imidazole rings is 1. The maximum atomic E-state index is 14.0. The van der Waals surface area contributed by atoms with E-state index in [2.05, 4.69) is 51.0 Å². The molecule has 4 amide bonds. The first-order chi connectivity index (χ1) is 30.3. The number of anilines is 1. The monoisotopic (exact) mass is 906 g/mol. The van der Waals surface area contributed by atoms with Crippen LogP contribution in [0.25, 0.3) is 22.4 Å². The number of alkyl halides is 3. The van der Waals surface area contributed by atoms with Gasteiger partial charge in [-0.1, -0.05) is 63.6 Å². The highest BCUT2D eigenvalue weighted by atomic mass is 35.5. The quantitative estimate of drug-likeness (QED) is 0.183. The molecule has 8 rings (SSSR count). The van der Waals surface area contributed by atoms with Gasteiger partial charge in [-0.05, 0) is 67.9 Å². The number of hydrogen-bond acceptors (Lipinski definition) is 9. The summed E-state index contributed by atoms with van der Waals surface area (Å²) in [6.07, 6.45) is 1.72. The van der Waals surface area contributed by atoms with E-state index in [0.717, 1.165) is 31.2 Å². The van der Waals surface area contributed by atoms with Crippen molar-refractivity contribution >= 4 is 46.9 Å². The van der Waals surface area contributed by atoms with E-state index in [4.69, 9.17) is 21.3 Å². The molecule has 342 valence electrons. The van der Waals surface area contributed by atoms with Gasteiger partial charge in [-0.25, -0.2) is 14.8 Å². The third-order valence-corrected chi connectivity index (χ3v) is 13.7. The molecule has 64 heavy (non-hydrogen) atoms. The number of fused-ring (bicyclic) bond motifs is 1. The average Bonchev–Trinajstić information content (AvgIpc) is 4.12. The number of alkyl carbamates (subject to hydrolysis) is 1. The van der Waals surface area contributed by atoms with E-state index in [1.54, 1.807) is 30.5 Å². The molecule has 18 heteroatoms. The number of likely N-dealkylation sites (tertiary alicyclic amines) is 1. The molecule has 2 aliphatic carbocycles. The Balaban J connectivity index is 0.953. The molecule has 1 aromatic heterocycles.